The fraction of sp³-hybridized carbons (Fsp3) is 0.385. The van der Waals surface area contributed by atoms with Crippen LogP contribution in [-0.2, 0) is 4.79 Å². The molecular formula is C13H15BrN4OS. The fourth-order valence-corrected chi connectivity index (χ4v) is 3.64. The van der Waals surface area contributed by atoms with Gasteiger partial charge in [0.15, 0.2) is 5.82 Å². The summed E-state index contributed by atoms with van der Waals surface area (Å²) < 4.78 is 1.07. The van der Waals surface area contributed by atoms with Gasteiger partial charge in [-0.2, -0.15) is 5.10 Å². The zero-order valence-corrected chi connectivity index (χ0v) is 13.2. The van der Waals surface area contributed by atoms with Crippen molar-refractivity contribution in [3.63, 3.8) is 0 Å². The van der Waals surface area contributed by atoms with Gasteiger partial charge in [0.25, 0.3) is 0 Å². The molecule has 0 unspecified atom stereocenters. The Morgan fingerprint density at radius 1 is 1.40 bits per heavy atom. The lowest BCUT2D eigenvalue weighted by molar-refractivity contribution is -0.120. The summed E-state index contributed by atoms with van der Waals surface area (Å²) >= 11 is 5.06. The van der Waals surface area contributed by atoms with Crippen LogP contribution in [0.25, 0.3) is 10.6 Å². The van der Waals surface area contributed by atoms with Gasteiger partial charge in [-0.3, -0.25) is 9.89 Å². The van der Waals surface area contributed by atoms with Gasteiger partial charge in [-0.05, 0) is 54.0 Å². The Kier molecular flexibility index (Phi) is 4.18. The lowest BCUT2D eigenvalue weighted by Crippen LogP contribution is -2.34. The average Bonchev–Trinajstić information content (AvgIpc) is 3.09. The number of nitrogens with one attached hydrogen (secondary N) is 3. The Morgan fingerprint density at radius 3 is 2.90 bits per heavy atom. The molecule has 0 saturated carbocycles. The molecular weight excluding hydrogens is 340 g/mol. The second-order valence-corrected chi connectivity index (χ2v) is 7.25. The number of nitrogens with zero attached hydrogens (tertiary/aromatic N) is 1. The van der Waals surface area contributed by atoms with Gasteiger partial charge in [0.2, 0.25) is 5.91 Å². The van der Waals surface area contributed by atoms with Crippen molar-refractivity contribution in [1.82, 2.24) is 15.5 Å². The molecule has 0 spiro atoms. The van der Waals surface area contributed by atoms with E-state index in [9.17, 15) is 4.79 Å². The van der Waals surface area contributed by atoms with Crippen molar-refractivity contribution in [3.05, 3.63) is 22.0 Å². The summed E-state index contributed by atoms with van der Waals surface area (Å²) in [4.78, 5) is 13.2. The van der Waals surface area contributed by atoms with Crippen LogP contribution >= 0.6 is 27.3 Å². The number of amides is 1. The first kappa shape index (κ1) is 13.8. The Bertz CT molecular complexity index is 603. The van der Waals surface area contributed by atoms with Crippen molar-refractivity contribution in [3.8, 4) is 10.6 Å². The highest BCUT2D eigenvalue weighted by Crippen LogP contribution is 2.31. The van der Waals surface area contributed by atoms with Gasteiger partial charge in [-0.25, -0.2) is 0 Å². The molecule has 1 aliphatic heterocycles. The van der Waals surface area contributed by atoms with Crippen LogP contribution in [0.15, 0.2) is 22.0 Å². The first-order valence-corrected chi connectivity index (χ1v) is 8.16. The van der Waals surface area contributed by atoms with Crippen molar-refractivity contribution >= 4 is 39.0 Å². The highest BCUT2D eigenvalue weighted by molar-refractivity contribution is 9.11. The summed E-state index contributed by atoms with van der Waals surface area (Å²) in [6.45, 7) is 1.82. The maximum absolute atomic E-state index is 12.1. The Hall–Kier alpha value is -1.18. The topological polar surface area (TPSA) is 69.8 Å². The van der Waals surface area contributed by atoms with Gasteiger partial charge in [-0.15, -0.1) is 11.3 Å². The lowest BCUT2D eigenvalue weighted by atomic mass is 9.97. The molecule has 3 rings (SSSR count). The van der Waals surface area contributed by atoms with Gasteiger partial charge < -0.3 is 10.6 Å². The number of hydrogen-bond donors (Lipinski definition) is 3. The molecule has 0 aromatic carbocycles. The first-order chi connectivity index (χ1) is 9.72. The number of piperidine rings is 1. The van der Waals surface area contributed by atoms with Gasteiger partial charge in [0, 0.05) is 12.0 Å². The van der Waals surface area contributed by atoms with E-state index in [1.165, 1.54) is 0 Å². The summed E-state index contributed by atoms with van der Waals surface area (Å²) in [5, 5.41) is 13.3. The lowest BCUT2D eigenvalue weighted by Gasteiger charge is -2.21. The van der Waals surface area contributed by atoms with Crippen molar-refractivity contribution in [2.75, 3.05) is 18.4 Å². The number of H-pyrrole nitrogens is 1. The summed E-state index contributed by atoms with van der Waals surface area (Å²) in [5.74, 6) is 0.747. The number of carbonyl (C=O) groups excluding carboxylic acids is 1. The first-order valence-electron chi connectivity index (χ1n) is 6.55. The normalized spacial score (nSPS) is 16.2. The van der Waals surface area contributed by atoms with Gasteiger partial charge in [0.05, 0.1) is 14.4 Å². The van der Waals surface area contributed by atoms with Gasteiger partial charge in [0.1, 0.15) is 0 Å². The molecule has 7 heteroatoms. The number of anilines is 1. The maximum atomic E-state index is 12.1. The highest BCUT2D eigenvalue weighted by atomic mass is 79.9. The van der Waals surface area contributed by atoms with E-state index in [4.69, 9.17) is 0 Å². The average molecular weight is 355 g/mol. The summed E-state index contributed by atoms with van der Waals surface area (Å²) in [6.07, 6.45) is 1.78. The highest BCUT2D eigenvalue weighted by Gasteiger charge is 2.21. The Balaban J connectivity index is 1.66. The standard InChI is InChI=1S/C13H15BrN4OS/c14-11-2-1-10(20-11)9-7-12(18-17-9)16-13(19)8-3-5-15-6-4-8/h1-2,7-8,15H,3-6H2,(H2,16,17,18,19). The fourth-order valence-electron chi connectivity index (χ4n) is 2.28. The van der Waals surface area contributed by atoms with Crippen molar-refractivity contribution in [1.29, 1.82) is 0 Å². The quantitative estimate of drug-likeness (QED) is 0.793. The van der Waals surface area contributed by atoms with Crippen LogP contribution < -0.4 is 10.6 Å². The van der Waals surface area contributed by atoms with E-state index in [0.717, 1.165) is 40.3 Å². The zero-order chi connectivity index (χ0) is 13.9. The van der Waals surface area contributed by atoms with Crippen molar-refractivity contribution in [2.45, 2.75) is 12.8 Å². The van der Waals surface area contributed by atoms with E-state index in [1.54, 1.807) is 11.3 Å². The molecule has 3 heterocycles. The van der Waals surface area contributed by atoms with E-state index in [2.05, 4.69) is 36.8 Å². The molecule has 0 atom stereocenters. The van der Waals surface area contributed by atoms with E-state index in [-0.39, 0.29) is 11.8 Å². The van der Waals surface area contributed by atoms with E-state index in [0.29, 0.717) is 5.82 Å². The third kappa shape index (κ3) is 3.11. The van der Waals surface area contributed by atoms with Crippen LogP contribution in [0.4, 0.5) is 5.82 Å². The van der Waals surface area contributed by atoms with Crippen LogP contribution in [0.3, 0.4) is 0 Å². The second kappa shape index (κ2) is 6.07. The van der Waals surface area contributed by atoms with Crippen LogP contribution in [0.2, 0.25) is 0 Å². The van der Waals surface area contributed by atoms with Gasteiger partial charge >= 0.3 is 0 Å². The molecule has 0 bridgehead atoms. The minimum absolute atomic E-state index is 0.0666. The molecule has 0 aliphatic carbocycles. The number of carbonyl (C=O) groups is 1. The predicted molar refractivity (Wildman–Crippen MR) is 83.8 cm³/mol. The van der Waals surface area contributed by atoms with Crippen molar-refractivity contribution in [2.24, 2.45) is 5.92 Å². The number of hydrogen-bond acceptors (Lipinski definition) is 4. The summed E-state index contributed by atoms with van der Waals surface area (Å²) in [6, 6.07) is 5.88. The molecule has 20 heavy (non-hydrogen) atoms. The smallest absolute Gasteiger partial charge is 0.228 e. The monoisotopic (exact) mass is 354 g/mol. The molecule has 5 nitrogen and oxygen atoms in total. The molecule has 2 aromatic rings. The Labute approximate surface area is 129 Å². The molecule has 1 fully saturated rings. The zero-order valence-electron chi connectivity index (χ0n) is 10.8. The second-order valence-electron chi connectivity index (χ2n) is 4.78. The number of thiophene rings is 1. The SMILES string of the molecule is O=C(Nc1cc(-c2ccc(Br)s2)[nH]n1)C1CCNCC1. The molecule has 0 radical (unpaired) electrons. The molecule has 1 amide bonds. The minimum Gasteiger partial charge on any atom is -0.317 e. The number of rotatable bonds is 3. The predicted octanol–water partition coefficient (Wildman–Crippen LogP) is 2.84. The number of aromatic nitrogens is 2. The molecule has 2 aromatic heterocycles. The van der Waals surface area contributed by atoms with Crippen LogP contribution in [0, 0.1) is 5.92 Å². The van der Waals surface area contributed by atoms with Crippen LogP contribution in [0.5, 0.6) is 0 Å². The largest absolute Gasteiger partial charge is 0.317 e. The van der Waals surface area contributed by atoms with Gasteiger partial charge in [-0.1, -0.05) is 0 Å². The van der Waals surface area contributed by atoms with E-state index < -0.39 is 0 Å². The molecule has 3 N–H and O–H groups in total. The number of halogens is 1. The van der Waals surface area contributed by atoms with E-state index >= 15 is 0 Å². The molecule has 1 aliphatic rings. The number of aromatic amines is 1. The molecule has 1 saturated heterocycles. The van der Waals surface area contributed by atoms with Crippen LogP contribution in [-0.4, -0.2) is 29.2 Å². The Morgan fingerprint density at radius 2 is 2.20 bits per heavy atom. The van der Waals surface area contributed by atoms with E-state index in [1.807, 2.05) is 18.2 Å². The minimum atomic E-state index is 0.0666. The summed E-state index contributed by atoms with van der Waals surface area (Å²) in [7, 11) is 0. The molecule has 106 valence electrons. The third-order valence-electron chi connectivity index (χ3n) is 3.38. The van der Waals surface area contributed by atoms with Crippen molar-refractivity contribution < 1.29 is 4.79 Å². The maximum Gasteiger partial charge on any atom is 0.228 e. The van der Waals surface area contributed by atoms with Crippen LogP contribution in [0.1, 0.15) is 12.8 Å². The third-order valence-corrected chi connectivity index (χ3v) is 5.03. The summed E-state index contributed by atoms with van der Waals surface area (Å²) in [5.41, 5.74) is 0.918.